The van der Waals surface area contributed by atoms with E-state index >= 15 is 0 Å². The number of urea groups is 1. The topological polar surface area (TPSA) is 119 Å². The highest BCUT2D eigenvalue weighted by Crippen LogP contribution is 2.13. The minimum atomic E-state index is -0.694. The standard InChI is InChI=1S/C15H16N6O4/c1-10-2-4-11(5-3-10)14-17-19-21(18-14)8-13(23)25-9-12(22)20-7-6-16-15(20)24/h2-5H,6-9H2,1H3,(H,16,24). The van der Waals surface area contributed by atoms with Crippen LogP contribution in [-0.4, -0.2) is 62.7 Å². The summed E-state index contributed by atoms with van der Waals surface area (Å²) in [5.74, 6) is -0.881. The molecule has 25 heavy (non-hydrogen) atoms. The lowest BCUT2D eigenvalue weighted by Crippen LogP contribution is -2.37. The fraction of sp³-hybridized carbons (Fsp3) is 0.333. The first kappa shape index (κ1) is 16.6. The second kappa shape index (κ2) is 7.07. The number of nitrogens with zero attached hydrogens (tertiary/aromatic N) is 5. The number of amides is 3. The number of nitrogens with one attached hydrogen (secondary N) is 1. The fourth-order valence-electron chi connectivity index (χ4n) is 2.22. The van der Waals surface area contributed by atoms with Gasteiger partial charge in [0.05, 0.1) is 0 Å². The summed E-state index contributed by atoms with van der Waals surface area (Å²) in [6.07, 6.45) is 0. The summed E-state index contributed by atoms with van der Waals surface area (Å²) in [5.41, 5.74) is 1.89. The summed E-state index contributed by atoms with van der Waals surface area (Å²) in [4.78, 5) is 37.0. The lowest BCUT2D eigenvalue weighted by atomic mass is 10.1. The molecule has 3 rings (SSSR count). The van der Waals surface area contributed by atoms with E-state index in [9.17, 15) is 14.4 Å². The van der Waals surface area contributed by atoms with Crippen LogP contribution in [0.25, 0.3) is 11.4 Å². The van der Waals surface area contributed by atoms with Crippen LogP contribution in [0.1, 0.15) is 5.56 Å². The number of hydrogen-bond acceptors (Lipinski definition) is 7. The highest BCUT2D eigenvalue weighted by Gasteiger charge is 2.26. The molecule has 1 aromatic heterocycles. The van der Waals surface area contributed by atoms with Crippen LogP contribution in [0.5, 0.6) is 0 Å². The molecule has 1 aromatic carbocycles. The number of esters is 1. The van der Waals surface area contributed by atoms with Crippen molar-refractivity contribution in [2.75, 3.05) is 19.7 Å². The summed E-state index contributed by atoms with van der Waals surface area (Å²) in [7, 11) is 0. The molecule has 0 radical (unpaired) electrons. The number of imide groups is 1. The van der Waals surface area contributed by atoms with Crippen molar-refractivity contribution in [3.8, 4) is 11.4 Å². The first-order valence-electron chi connectivity index (χ1n) is 7.61. The van der Waals surface area contributed by atoms with E-state index in [4.69, 9.17) is 4.74 Å². The molecule has 0 spiro atoms. The van der Waals surface area contributed by atoms with Gasteiger partial charge >= 0.3 is 12.0 Å². The van der Waals surface area contributed by atoms with Crippen LogP contribution in [0.3, 0.4) is 0 Å². The molecule has 0 aliphatic carbocycles. The average molecular weight is 344 g/mol. The predicted octanol–water partition coefficient (Wildman–Crippen LogP) is -0.256. The Morgan fingerprint density at radius 3 is 2.72 bits per heavy atom. The molecule has 10 nitrogen and oxygen atoms in total. The SMILES string of the molecule is Cc1ccc(-c2nnn(CC(=O)OCC(=O)N3CCNC3=O)n2)cc1. The van der Waals surface area contributed by atoms with Crippen LogP contribution in [0.15, 0.2) is 24.3 Å². The molecule has 1 N–H and O–H groups in total. The maximum atomic E-state index is 11.8. The maximum Gasteiger partial charge on any atom is 0.330 e. The van der Waals surface area contributed by atoms with Crippen molar-refractivity contribution < 1.29 is 19.1 Å². The quantitative estimate of drug-likeness (QED) is 0.742. The van der Waals surface area contributed by atoms with Crippen molar-refractivity contribution in [3.63, 3.8) is 0 Å². The monoisotopic (exact) mass is 344 g/mol. The molecular formula is C15H16N6O4. The smallest absolute Gasteiger partial charge is 0.330 e. The minimum Gasteiger partial charge on any atom is -0.454 e. The van der Waals surface area contributed by atoms with Crippen molar-refractivity contribution >= 4 is 17.9 Å². The van der Waals surface area contributed by atoms with E-state index in [1.54, 1.807) is 0 Å². The zero-order valence-electron chi connectivity index (χ0n) is 13.5. The molecule has 0 saturated carbocycles. The van der Waals surface area contributed by atoms with Crippen molar-refractivity contribution in [3.05, 3.63) is 29.8 Å². The average Bonchev–Trinajstić information content (AvgIpc) is 3.22. The van der Waals surface area contributed by atoms with Crippen LogP contribution < -0.4 is 5.32 Å². The molecular weight excluding hydrogens is 328 g/mol. The molecule has 3 amide bonds. The lowest BCUT2D eigenvalue weighted by Gasteiger charge is -2.11. The summed E-state index contributed by atoms with van der Waals surface area (Å²) >= 11 is 0. The van der Waals surface area contributed by atoms with Gasteiger partial charge in [-0.25, -0.2) is 9.59 Å². The van der Waals surface area contributed by atoms with Crippen molar-refractivity contribution in [1.29, 1.82) is 0 Å². The second-order valence-electron chi connectivity index (χ2n) is 5.45. The van der Waals surface area contributed by atoms with Crippen LogP contribution in [0.2, 0.25) is 0 Å². The molecule has 2 heterocycles. The third kappa shape index (κ3) is 3.97. The summed E-state index contributed by atoms with van der Waals surface area (Å²) in [5, 5.41) is 14.3. The first-order chi connectivity index (χ1) is 12.0. The number of aromatic nitrogens is 4. The highest BCUT2D eigenvalue weighted by molar-refractivity contribution is 5.96. The number of aryl methyl sites for hydroxylation is 1. The third-order valence-electron chi connectivity index (χ3n) is 3.55. The van der Waals surface area contributed by atoms with E-state index in [0.717, 1.165) is 20.8 Å². The van der Waals surface area contributed by atoms with Crippen LogP contribution >= 0.6 is 0 Å². The van der Waals surface area contributed by atoms with Gasteiger partial charge in [-0.3, -0.25) is 9.69 Å². The van der Waals surface area contributed by atoms with Gasteiger partial charge in [-0.15, -0.1) is 10.2 Å². The van der Waals surface area contributed by atoms with Crippen molar-refractivity contribution in [2.45, 2.75) is 13.5 Å². The van der Waals surface area contributed by atoms with Crippen molar-refractivity contribution in [1.82, 2.24) is 30.4 Å². The predicted molar refractivity (Wildman–Crippen MR) is 84.1 cm³/mol. The van der Waals surface area contributed by atoms with E-state index in [1.807, 2.05) is 31.2 Å². The maximum absolute atomic E-state index is 11.8. The number of hydrogen-bond donors (Lipinski definition) is 1. The molecule has 10 heteroatoms. The normalized spacial score (nSPS) is 13.6. The van der Waals surface area contributed by atoms with E-state index < -0.39 is 24.5 Å². The summed E-state index contributed by atoms with van der Waals surface area (Å²) in [6.45, 7) is 1.84. The van der Waals surface area contributed by atoms with Crippen LogP contribution in [0, 0.1) is 6.92 Å². The second-order valence-corrected chi connectivity index (χ2v) is 5.45. The Morgan fingerprint density at radius 2 is 2.04 bits per heavy atom. The Morgan fingerprint density at radius 1 is 1.28 bits per heavy atom. The Hall–Kier alpha value is -3.30. The Bertz CT molecular complexity index is 801. The fourth-order valence-corrected chi connectivity index (χ4v) is 2.22. The number of carbonyl (C=O) groups excluding carboxylic acids is 3. The van der Waals surface area contributed by atoms with Gasteiger partial charge in [-0.2, -0.15) is 4.80 Å². The van der Waals surface area contributed by atoms with Gasteiger partial charge in [-0.05, 0) is 12.1 Å². The van der Waals surface area contributed by atoms with Gasteiger partial charge in [-0.1, -0.05) is 29.8 Å². The van der Waals surface area contributed by atoms with Gasteiger partial charge in [0.1, 0.15) is 0 Å². The number of ether oxygens (including phenoxy) is 1. The Labute approximate surface area is 142 Å². The van der Waals surface area contributed by atoms with Gasteiger partial charge in [0, 0.05) is 18.7 Å². The van der Waals surface area contributed by atoms with E-state index in [0.29, 0.717) is 12.4 Å². The van der Waals surface area contributed by atoms with E-state index in [-0.39, 0.29) is 13.1 Å². The third-order valence-corrected chi connectivity index (χ3v) is 3.55. The van der Waals surface area contributed by atoms with Gasteiger partial charge in [0.15, 0.2) is 13.2 Å². The van der Waals surface area contributed by atoms with Gasteiger partial charge < -0.3 is 10.1 Å². The first-order valence-corrected chi connectivity index (χ1v) is 7.61. The van der Waals surface area contributed by atoms with Crippen LogP contribution in [-0.2, 0) is 20.9 Å². The summed E-state index contributed by atoms with van der Waals surface area (Å²) < 4.78 is 4.86. The number of tetrazole rings is 1. The molecule has 1 saturated heterocycles. The van der Waals surface area contributed by atoms with E-state index in [2.05, 4.69) is 20.7 Å². The lowest BCUT2D eigenvalue weighted by molar-refractivity contribution is -0.151. The highest BCUT2D eigenvalue weighted by atomic mass is 16.5. The molecule has 1 aliphatic heterocycles. The number of benzene rings is 1. The Kier molecular flexibility index (Phi) is 4.68. The molecule has 130 valence electrons. The molecule has 0 unspecified atom stereocenters. The van der Waals surface area contributed by atoms with Crippen molar-refractivity contribution in [2.24, 2.45) is 0 Å². The number of carbonyl (C=O) groups is 3. The van der Waals surface area contributed by atoms with Gasteiger partial charge in [0.25, 0.3) is 5.91 Å². The molecule has 2 aromatic rings. The molecule has 0 atom stereocenters. The minimum absolute atomic E-state index is 0.264. The zero-order chi connectivity index (χ0) is 17.8. The molecule has 1 fully saturated rings. The largest absolute Gasteiger partial charge is 0.454 e. The molecule has 0 bridgehead atoms. The van der Waals surface area contributed by atoms with Crippen LogP contribution in [0.4, 0.5) is 4.79 Å². The number of rotatable bonds is 5. The van der Waals surface area contributed by atoms with Gasteiger partial charge in [0.2, 0.25) is 5.82 Å². The molecule has 1 aliphatic rings. The zero-order valence-corrected chi connectivity index (χ0v) is 13.5. The summed E-state index contributed by atoms with van der Waals surface area (Å²) in [6, 6.07) is 7.07. The Balaban J connectivity index is 1.52. The van der Waals surface area contributed by atoms with E-state index in [1.165, 1.54) is 0 Å².